The molecule has 4 aromatic heterocycles. The molecule has 72 heavy (non-hydrogen) atoms. The number of benzene rings is 4. The number of aromatic nitrogens is 4. The Morgan fingerprint density at radius 1 is 0.417 bits per heavy atom. The summed E-state index contributed by atoms with van der Waals surface area (Å²) in [4.78, 5) is 17.3. The maximum absolute atomic E-state index is 7.00. The van der Waals surface area contributed by atoms with E-state index in [-0.39, 0.29) is 76.0 Å². The van der Waals surface area contributed by atoms with Gasteiger partial charge in [-0.15, -0.1) is 108 Å². The van der Waals surface area contributed by atoms with Gasteiger partial charge >= 0.3 is 7.12 Å². The van der Waals surface area contributed by atoms with Crippen molar-refractivity contribution in [3.05, 3.63) is 212 Å². The van der Waals surface area contributed by atoms with Gasteiger partial charge in [0.1, 0.15) is 0 Å². The van der Waals surface area contributed by atoms with E-state index in [0.717, 1.165) is 70.3 Å². The van der Waals surface area contributed by atoms with Crippen LogP contribution in [0.3, 0.4) is 0 Å². The minimum atomic E-state index is -0.361. The maximum Gasteiger partial charge on any atom is 0.494 e. The normalized spacial score (nSPS) is 15.1. The average molecular weight is 1320 g/mol. The number of hydrogen-bond donors (Lipinski definition) is 2. The molecular formula is C59H64BIr2N4O6-3. The summed E-state index contributed by atoms with van der Waals surface area (Å²) in [5.74, 6) is 0. The summed E-state index contributed by atoms with van der Waals surface area (Å²) in [6.45, 7) is 16.5. The first kappa shape index (κ1) is 60.9. The third-order valence-electron chi connectivity index (χ3n) is 12.0. The number of hydrogen-bond acceptors (Lipinski definition) is 10. The zero-order valence-corrected chi connectivity index (χ0v) is 47.3. The Morgan fingerprint density at radius 3 is 1.25 bits per heavy atom. The minimum Gasteiger partial charge on any atom is -0.400 e. The largest absolute Gasteiger partial charge is 0.494 e. The first-order chi connectivity index (χ1) is 33.7. The first-order valence-corrected chi connectivity index (χ1v) is 23.0. The maximum atomic E-state index is 7.00. The van der Waals surface area contributed by atoms with Crippen LogP contribution in [0.4, 0.5) is 0 Å². The summed E-state index contributed by atoms with van der Waals surface area (Å²) < 4.78 is 24.3. The van der Waals surface area contributed by atoms with Crippen molar-refractivity contribution in [2.24, 2.45) is 0 Å². The predicted octanol–water partition coefficient (Wildman–Crippen LogP) is 11.5. The second kappa shape index (κ2) is 29.3. The molecule has 0 unspecified atom stereocenters. The second-order valence-electron chi connectivity index (χ2n) is 17.8. The molecule has 0 bridgehead atoms. The van der Waals surface area contributed by atoms with Crippen LogP contribution in [0.15, 0.2) is 189 Å². The molecule has 8 aromatic rings. The molecule has 2 aliphatic rings. The van der Waals surface area contributed by atoms with E-state index < -0.39 is 0 Å². The van der Waals surface area contributed by atoms with Crippen molar-refractivity contribution in [1.82, 2.24) is 19.9 Å². The molecule has 2 N–H and O–H groups in total. The third-order valence-corrected chi connectivity index (χ3v) is 12.0. The monoisotopic (exact) mass is 1320 g/mol. The number of aliphatic hydroxyl groups excluding tert-OH is 2. The zero-order valence-electron chi connectivity index (χ0n) is 42.5. The summed E-state index contributed by atoms with van der Waals surface area (Å²) in [7, 11) is 1.64. The van der Waals surface area contributed by atoms with Gasteiger partial charge in [0.2, 0.25) is 0 Å². The number of nitrogens with zero attached hydrogens (tertiary/aromatic N) is 4. The van der Waals surface area contributed by atoms with Gasteiger partial charge in [0, 0.05) is 90.3 Å². The molecule has 0 spiro atoms. The second-order valence-corrected chi connectivity index (χ2v) is 17.8. The van der Waals surface area contributed by atoms with Crippen LogP contribution in [0.2, 0.25) is 0 Å². The van der Waals surface area contributed by atoms with Gasteiger partial charge in [-0.2, -0.15) is 0 Å². The molecule has 0 aliphatic carbocycles. The quantitative estimate of drug-likeness (QED) is 0.123. The van der Waals surface area contributed by atoms with Crippen molar-refractivity contribution in [3.8, 4) is 45.0 Å². The van der Waals surface area contributed by atoms with E-state index in [9.17, 15) is 0 Å². The molecule has 6 heterocycles. The fourth-order valence-electron chi connectivity index (χ4n) is 6.76. The summed E-state index contributed by atoms with van der Waals surface area (Å²) >= 11 is 0. The summed E-state index contributed by atoms with van der Waals surface area (Å²) in [5, 5.41) is 14.0. The third kappa shape index (κ3) is 16.8. The van der Waals surface area contributed by atoms with Gasteiger partial charge in [-0.3, -0.25) is 4.98 Å². The molecule has 2 aliphatic heterocycles. The summed E-state index contributed by atoms with van der Waals surface area (Å²) in [6, 6.07) is 62.7. The van der Waals surface area contributed by atoms with Crippen LogP contribution in [0, 0.1) is 18.2 Å². The van der Waals surface area contributed by atoms with Crippen LogP contribution < -0.4 is 5.46 Å². The van der Waals surface area contributed by atoms with Crippen LogP contribution in [-0.2, 0) is 59.0 Å². The summed E-state index contributed by atoms with van der Waals surface area (Å²) in [6.07, 6.45) is 6.83. The van der Waals surface area contributed by atoms with Crippen LogP contribution in [-0.4, -0.2) is 73.9 Å². The Labute approximate surface area is 454 Å². The fourth-order valence-corrected chi connectivity index (χ4v) is 6.76. The van der Waals surface area contributed by atoms with Crippen molar-refractivity contribution >= 4 is 12.6 Å². The number of rotatable bonds is 6. The Bertz CT molecular complexity index is 2430. The van der Waals surface area contributed by atoms with Gasteiger partial charge in [0.15, 0.2) is 6.29 Å². The Kier molecular flexibility index (Phi) is 24.8. The van der Waals surface area contributed by atoms with E-state index in [4.69, 9.17) is 29.0 Å². The van der Waals surface area contributed by atoms with E-state index in [2.05, 4.69) is 106 Å². The van der Waals surface area contributed by atoms with Gasteiger partial charge in [-0.05, 0) is 108 Å². The Morgan fingerprint density at radius 2 is 0.819 bits per heavy atom. The van der Waals surface area contributed by atoms with E-state index in [1.165, 1.54) is 0 Å². The molecule has 0 amide bonds. The molecule has 2 saturated heterocycles. The summed E-state index contributed by atoms with van der Waals surface area (Å²) in [5.41, 5.74) is 8.56. The van der Waals surface area contributed by atoms with E-state index >= 15 is 0 Å². The molecule has 4 aromatic carbocycles. The van der Waals surface area contributed by atoms with E-state index in [0.29, 0.717) is 0 Å². The van der Waals surface area contributed by atoms with Crippen molar-refractivity contribution in [2.75, 3.05) is 14.2 Å². The van der Waals surface area contributed by atoms with Crippen molar-refractivity contribution in [3.63, 3.8) is 0 Å². The van der Waals surface area contributed by atoms with Gasteiger partial charge in [0.05, 0.1) is 28.1 Å². The van der Waals surface area contributed by atoms with Gasteiger partial charge in [0.25, 0.3) is 0 Å². The minimum absolute atomic E-state index is 0. The van der Waals surface area contributed by atoms with Crippen LogP contribution >= 0.6 is 0 Å². The zero-order chi connectivity index (χ0) is 50.6. The fraction of sp³-hybridized carbons (Fsp3) is 0.254. The smallest absolute Gasteiger partial charge is 0.400 e. The Hall–Kier alpha value is -5.40. The molecular weight excluding hydrogens is 1260 g/mol. The van der Waals surface area contributed by atoms with Gasteiger partial charge < -0.3 is 43.9 Å². The van der Waals surface area contributed by atoms with Gasteiger partial charge in [-0.1, -0.05) is 60.7 Å². The molecule has 380 valence electrons. The molecule has 2 radical (unpaired) electrons. The van der Waals surface area contributed by atoms with Crippen LogP contribution in [0.1, 0.15) is 67.2 Å². The molecule has 0 saturated carbocycles. The topological polar surface area (TPSA) is 129 Å². The average Bonchev–Trinajstić information content (AvgIpc) is 3.78. The Balaban J connectivity index is 0.000000252. The number of aliphatic hydroxyl groups is 2. The van der Waals surface area contributed by atoms with Crippen molar-refractivity contribution < 1.29 is 69.2 Å². The van der Waals surface area contributed by atoms with Crippen LogP contribution in [0.5, 0.6) is 0 Å². The molecule has 10 nitrogen and oxygen atoms in total. The van der Waals surface area contributed by atoms with Gasteiger partial charge in [-0.25, -0.2) is 0 Å². The number of pyridine rings is 4. The first-order valence-electron chi connectivity index (χ1n) is 23.0. The standard InChI is InChI=1S/C18H21NO2.C17H19BNO2.2C11H8N.2CH4O.2Ir/c1-17(2)18(3,4)21-16(20-17)14-10-11-19-15(12-14)13-8-6-5-7-9-13;1-16(2)17(3,4)21-18(20-16)14-10-11-19-15(12-14)13-8-6-5-7-9-13;2*1-2-6-10(7-3-1)11-8-4-5-9-12-11;2*1-2;;/h5-12,16H,1-4H3;5-8,10-12H,1-4H3;2*1-6,8-9H;2*2H,1H3;;/q;3*-1;;;;. The van der Waals surface area contributed by atoms with Crippen LogP contribution in [0.25, 0.3) is 45.0 Å². The molecule has 2 fully saturated rings. The molecule has 13 heteroatoms. The molecule has 0 atom stereocenters. The SMILES string of the molecule is CC1(C)OB(c2ccnc(-c3[c-]cccc3)c2)OC1(C)C.CC1(C)OC(c2ccnc(-c3ccccc3)c2)OC1(C)C.CO.CO.[Ir].[Ir].[c-]1ccccc1-c1ccccn1.[c-]1ccccc1-c1ccccn1. The number of ether oxygens (including phenoxy) is 2. The van der Waals surface area contributed by atoms with Crippen molar-refractivity contribution in [2.45, 2.75) is 84.1 Å². The molecule has 10 rings (SSSR count). The van der Waals surface area contributed by atoms with E-state index in [1.807, 2.05) is 158 Å². The predicted molar refractivity (Wildman–Crippen MR) is 280 cm³/mol. The van der Waals surface area contributed by atoms with Crippen molar-refractivity contribution in [1.29, 1.82) is 0 Å². The van der Waals surface area contributed by atoms with E-state index in [1.54, 1.807) is 18.6 Å².